The van der Waals surface area contributed by atoms with E-state index in [0.29, 0.717) is 17.9 Å². The van der Waals surface area contributed by atoms with E-state index in [-0.39, 0.29) is 5.97 Å². The molecule has 0 bridgehead atoms. The van der Waals surface area contributed by atoms with Gasteiger partial charge in [0, 0.05) is 6.42 Å². The van der Waals surface area contributed by atoms with Crippen molar-refractivity contribution in [3.8, 4) is 5.75 Å². The van der Waals surface area contributed by atoms with E-state index in [2.05, 4.69) is 6.92 Å². The Kier molecular flexibility index (Phi) is 4.83. The molecule has 0 heterocycles. The quantitative estimate of drug-likeness (QED) is 0.472. The summed E-state index contributed by atoms with van der Waals surface area (Å²) < 4.78 is 5.18. The maximum absolute atomic E-state index is 11.4. The molecule has 1 aromatic carbocycles. The SMILES string of the molecule is CCCCC(=O)Oc1ccc(CC)cc1N. The molecular formula is C13H19NO2. The van der Waals surface area contributed by atoms with Gasteiger partial charge in [0.2, 0.25) is 0 Å². The van der Waals surface area contributed by atoms with Crippen LogP contribution in [0, 0.1) is 0 Å². The highest BCUT2D eigenvalue weighted by atomic mass is 16.5. The Morgan fingerprint density at radius 2 is 2.12 bits per heavy atom. The van der Waals surface area contributed by atoms with Gasteiger partial charge in [-0.2, -0.15) is 0 Å². The summed E-state index contributed by atoms with van der Waals surface area (Å²) in [6, 6.07) is 5.54. The fraction of sp³-hybridized carbons (Fsp3) is 0.462. The van der Waals surface area contributed by atoms with Crippen molar-refractivity contribution in [2.75, 3.05) is 5.73 Å². The molecule has 0 saturated carbocycles. The fourth-order valence-electron chi connectivity index (χ4n) is 1.41. The zero-order chi connectivity index (χ0) is 12.0. The standard InChI is InChI=1S/C13H19NO2/c1-3-5-6-13(15)16-12-8-7-10(4-2)9-11(12)14/h7-9H,3-6,14H2,1-2H3. The number of ether oxygens (including phenoxy) is 1. The van der Waals surface area contributed by atoms with Crippen molar-refractivity contribution in [2.24, 2.45) is 0 Å². The predicted octanol–water partition coefficient (Wildman–Crippen LogP) is 2.93. The van der Waals surface area contributed by atoms with Crippen LogP contribution in [-0.2, 0) is 11.2 Å². The molecule has 0 aliphatic heterocycles. The van der Waals surface area contributed by atoms with Gasteiger partial charge >= 0.3 is 5.97 Å². The maximum Gasteiger partial charge on any atom is 0.311 e. The molecule has 2 N–H and O–H groups in total. The summed E-state index contributed by atoms with van der Waals surface area (Å²) in [5.74, 6) is 0.260. The number of unbranched alkanes of at least 4 members (excludes halogenated alkanes) is 1. The fourth-order valence-corrected chi connectivity index (χ4v) is 1.41. The normalized spacial score (nSPS) is 10.1. The number of benzene rings is 1. The molecule has 0 atom stereocenters. The summed E-state index contributed by atoms with van der Waals surface area (Å²) in [6.07, 6.45) is 3.21. The number of carbonyl (C=O) groups excluding carboxylic acids is 1. The van der Waals surface area contributed by atoms with Crippen molar-refractivity contribution in [3.05, 3.63) is 23.8 Å². The Morgan fingerprint density at radius 1 is 1.38 bits per heavy atom. The predicted molar refractivity (Wildman–Crippen MR) is 65.4 cm³/mol. The molecule has 0 aromatic heterocycles. The van der Waals surface area contributed by atoms with Crippen LogP contribution >= 0.6 is 0 Å². The van der Waals surface area contributed by atoms with Crippen molar-refractivity contribution in [2.45, 2.75) is 39.5 Å². The molecule has 1 rings (SSSR count). The average Bonchev–Trinajstić information content (AvgIpc) is 2.29. The minimum atomic E-state index is -0.210. The molecule has 1 aromatic rings. The lowest BCUT2D eigenvalue weighted by Gasteiger charge is -2.08. The molecule has 3 heteroatoms. The summed E-state index contributed by atoms with van der Waals surface area (Å²) in [6.45, 7) is 4.10. The Labute approximate surface area is 96.6 Å². The van der Waals surface area contributed by atoms with E-state index in [1.807, 2.05) is 19.1 Å². The summed E-state index contributed by atoms with van der Waals surface area (Å²) in [5, 5.41) is 0. The van der Waals surface area contributed by atoms with Gasteiger partial charge in [0.15, 0.2) is 5.75 Å². The average molecular weight is 221 g/mol. The monoisotopic (exact) mass is 221 g/mol. The molecule has 3 nitrogen and oxygen atoms in total. The lowest BCUT2D eigenvalue weighted by atomic mass is 10.1. The van der Waals surface area contributed by atoms with E-state index in [1.165, 1.54) is 0 Å². The van der Waals surface area contributed by atoms with Gasteiger partial charge in [-0.05, 0) is 30.5 Å². The topological polar surface area (TPSA) is 52.3 Å². The first-order valence-corrected chi connectivity index (χ1v) is 5.76. The summed E-state index contributed by atoms with van der Waals surface area (Å²) >= 11 is 0. The minimum absolute atomic E-state index is 0.210. The maximum atomic E-state index is 11.4. The first-order chi connectivity index (χ1) is 7.67. The van der Waals surface area contributed by atoms with Gasteiger partial charge in [-0.1, -0.05) is 26.3 Å². The lowest BCUT2D eigenvalue weighted by Crippen LogP contribution is -2.09. The molecule has 0 amide bonds. The third-order valence-corrected chi connectivity index (χ3v) is 2.44. The molecule has 0 aliphatic rings. The zero-order valence-corrected chi connectivity index (χ0v) is 9.95. The van der Waals surface area contributed by atoms with Crippen molar-refractivity contribution in [3.63, 3.8) is 0 Å². The van der Waals surface area contributed by atoms with Gasteiger partial charge in [-0.15, -0.1) is 0 Å². The number of rotatable bonds is 5. The smallest absolute Gasteiger partial charge is 0.311 e. The summed E-state index contributed by atoms with van der Waals surface area (Å²) in [4.78, 5) is 11.4. The van der Waals surface area contributed by atoms with Gasteiger partial charge in [0.25, 0.3) is 0 Å². The Bertz CT molecular complexity index is 361. The molecule has 0 spiro atoms. The van der Waals surface area contributed by atoms with Gasteiger partial charge in [-0.3, -0.25) is 4.79 Å². The molecule has 0 fully saturated rings. The lowest BCUT2D eigenvalue weighted by molar-refractivity contribution is -0.134. The van der Waals surface area contributed by atoms with Crippen molar-refractivity contribution in [1.82, 2.24) is 0 Å². The Morgan fingerprint density at radius 3 is 2.69 bits per heavy atom. The summed E-state index contributed by atoms with van der Waals surface area (Å²) in [7, 11) is 0. The third kappa shape index (κ3) is 3.57. The van der Waals surface area contributed by atoms with E-state index < -0.39 is 0 Å². The molecular weight excluding hydrogens is 202 g/mol. The second kappa shape index (κ2) is 6.16. The van der Waals surface area contributed by atoms with E-state index in [4.69, 9.17) is 10.5 Å². The first kappa shape index (κ1) is 12.6. The number of nitrogen functional groups attached to an aromatic ring is 1. The second-order valence-electron chi connectivity index (χ2n) is 3.80. The van der Waals surface area contributed by atoms with Crippen LogP contribution in [-0.4, -0.2) is 5.97 Å². The van der Waals surface area contributed by atoms with Crippen LogP contribution in [0.5, 0.6) is 5.75 Å². The number of carbonyl (C=O) groups is 1. The minimum Gasteiger partial charge on any atom is -0.424 e. The number of aryl methyl sites for hydroxylation is 1. The van der Waals surface area contributed by atoms with Crippen molar-refractivity contribution < 1.29 is 9.53 Å². The zero-order valence-electron chi connectivity index (χ0n) is 9.95. The van der Waals surface area contributed by atoms with Crippen LogP contribution in [0.1, 0.15) is 38.7 Å². The largest absolute Gasteiger partial charge is 0.424 e. The number of anilines is 1. The number of hydrogen-bond acceptors (Lipinski definition) is 3. The van der Waals surface area contributed by atoms with E-state index in [0.717, 1.165) is 24.8 Å². The van der Waals surface area contributed by atoms with Gasteiger partial charge in [0.05, 0.1) is 5.69 Å². The highest BCUT2D eigenvalue weighted by Gasteiger charge is 2.07. The molecule has 16 heavy (non-hydrogen) atoms. The molecule has 0 saturated heterocycles. The third-order valence-electron chi connectivity index (χ3n) is 2.44. The second-order valence-corrected chi connectivity index (χ2v) is 3.80. The highest BCUT2D eigenvalue weighted by Crippen LogP contribution is 2.23. The highest BCUT2D eigenvalue weighted by molar-refractivity contribution is 5.74. The van der Waals surface area contributed by atoms with Crippen LogP contribution in [0.2, 0.25) is 0 Å². The Balaban J connectivity index is 2.63. The van der Waals surface area contributed by atoms with Crippen LogP contribution in [0.3, 0.4) is 0 Å². The Hall–Kier alpha value is -1.51. The molecule has 0 aliphatic carbocycles. The molecule has 0 radical (unpaired) electrons. The number of hydrogen-bond donors (Lipinski definition) is 1. The van der Waals surface area contributed by atoms with Gasteiger partial charge in [-0.25, -0.2) is 0 Å². The van der Waals surface area contributed by atoms with Crippen LogP contribution < -0.4 is 10.5 Å². The first-order valence-electron chi connectivity index (χ1n) is 5.76. The number of nitrogens with two attached hydrogens (primary N) is 1. The number of esters is 1. The van der Waals surface area contributed by atoms with Crippen LogP contribution in [0.25, 0.3) is 0 Å². The van der Waals surface area contributed by atoms with E-state index >= 15 is 0 Å². The summed E-state index contributed by atoms with van der Waals surface area (Å²) in [5.41, 5.74) is 7.47. The van der Waals surface area contributed by atoms with E-state index in [9.17, 15) is 4.79 Å². The molecule has 88 valence electrons. The van der Waals surface area contributed by atoms with Gasteiger partial charge < -0.3 is 10.5 Å². The van der Waals surface area contributed by atoms with E-state index in [1.54, 1.807) is 6.07 Å². The van der Waals surface area contributed by atoms with Crippen LogP contribution in [0.15, 0.2) is 18.2 Å². The molecule has 0 unspecified atom stereocenters. The van der Waals surface area contributed by atoms with Gasteiger partial charge in [0.1, 0.15) is 0 Å². The van der Waals surface area contributed by atoms with Crippen molar-refractivity contribution in [1.29, 1.82) is 0 Å². The van der Waals surface area contributed by atoms with Crippen molar-refractivity contribution >= 4 is 11.7 Å². The van der Waals surface area contributed by atoms with Crippen LogP contribution in [0.4, 0.5) is 5.69 Å².